The van der Waals surface area contributed by atoms with Crippen LogP contribution in [0.5, 0.6) is 0 Å². The lowest BCUT2D eigenvalue weighted by atomic mass is 9.96. The number of morpholine rings is 1. The molecule has 4 N–H and O–H groups in total. The summed E-state index contributed by atoms with van der Waals surface area (Å²) in [5.41, 5.74) is 5.41. The fraction of sp³-hybridized carbons (Fsp3) is 0.833. The summed E-state index contributed by atoms with van der Waals surface area (Å²) in [4.78, 5) is 13.8. The number of nitrogens with zero attached hydrogens (tertiary/aromatic N) is 1. The summed E-state index contributed by atoms with van der Waals surface area (Å²) in [5.74, 6) is -0.00911. The number of carbonyl (C=O) groups is 1. The topological polar surface area (TPSA) is 91.4 Å². The normalized spacial score (nSPS) is 25.8. The maximum absolute atomic E-state index is 12.1. The highest BCUT2D eigenvalue weighted by atomic mass is 16.5. The third-order valence-corrected chi connectivity index (χ3v) is 3.63. The predicted molar refractivity (Wildman–Crippen MR) is 68.6 cm³/mol. The van der Waals surface area contributed by atoms with Crippen LogP contribution in [0.4, 0.5) is 4.79 Å². The molecule has 2 rings (SSSR count). The van der Waals surface area contributed by atoms with E-state index in [1.54, 1.807) is 4.90 Å². The maximum atomic E-state index is 12.1. The number of amidine groups is 1. The van der Waals surface area contributed by atoms with Crippen molar-refractivity contribution in [2.45, 2.75) is 44.2 Å². The summed E-state index contributed by atoms with van der Waals surface area (Å²) < 4.78 is 5.34. The molecule has 1 atom stereocenters. The average molecular weight is 254 g/mol. The zero-order valence-corrected chi connectivity index (χ0v) is 10.7. The van der Waals surface area contributed by atoms with Crippen molar-refractivity contribution in [1.29, 1.82) is 5.41 Å². The molecule has 1 aliphatic carbocycles. The van der Waals surface area contributed by atoms with E-state index in [1.165, 1.54) is 19.3 Å². The Morgan fingerprint density at radius 3 is 2.72 bits per heavy atom. The number of amides is 2. The zero-order chi connectivity index (χ0) is 13.0. The van der Waals surface area contributed by atoms with Crippen molar-refractivity contribution >= 4 is 11.9 Å². The Labute approximate surface area is 107 Å². The van der Waals surface area contributed by atoms with E-state index in [9.17, 15) is 4.79 Å². The molecule has 2 aliphatic rings. The maximum Gasteiger partial charge on any atom is 0.317 e. The predicted octanol–water partition coefficient (Wildman–Crippen LogP) is 0.665. The highest BCUT2D eigenvalue weighted by Crippen LogP contribution is 2.17. The minimum Gasteiger partial charge on any atom is -0.385 e. The quantitative estimate of drug-likeness (QED) is 0.499. The van der Waals surface area contributed by atoms with E-state index < -0.39 is 6.10 Å². The van der Waals surface area contributed by atoms with Gasteiger partial charge in [-0.25, -0.2) is 4.79 Å². The van der Waals surface area contributed by atoms with E-state index in [-0.39, 0.29) is 11.9 Å². The molecule has 18 heavy (non-hydrogen) atoms. The van der Waals surface area contributed by atoms with Crippen molar-refractivity contribution < 1.29 is 9.53 Å². The number of carbonyl (C=O) groups excluding carboxylic acids is 1. The molecule has 0 bridgehead atoms. The number of hydrogen-bond donors (Lipinski definition) is 3. The number of hydrogen-bond acceptors (Lipinski definition) is 3. The van der Waals surface area contributed by atoms with Crippen LogP contribution in [-0.4, -0.2) is 48.6 Å². The third-order valence-electron chi connectivity index (χ3n) is 3.63. The van der Waals surface area contributed by atoms with Gasteiger partial charge in [0.25, 0.3) is 0 Å². The highest BCUT2D eigenvalue weighted by Gasteiger charge is 2.27. The lowest BCUT2D eigenvalue weighted by Crippen LogP contribution is -2.54. The SMILES string of the molecule is N=C(N)C1CN(C(=O)NC2CCCCC2)CCO1. The van der Waals surface area contributed by atoms with Crippen molar-refractivity contribution in [3.8, 4) is 0 Å². The summed E-state index contributed by atoms with van der Waals surface area (Å²) >= 11 is 0. The van der Waals surface area contributed by atoms with Gasteiger partial charge in [0.2, 0.25) is 0 Å². The molecule has 1 saturated carbocycles. The molecule has 2 amide bonds. The summed E-state index contributed by atoms with van der Waals surface area (Å²) in [5, 5.41) is 10.4. The number of ether oxygens (including phenoxy) is 1. The highest BCUT2D eigenvalue weighted by molar-refractivity contribution is 5.83. The van der Waals surface area contributed by atoms with Crippen molar-refractivity contribution in [3.05, 3.63) is 0 Å². The Morgan fingerprint density at radius 1 is 1.33 bits per heavy atom. The Hall–Kier alpha value is -1.30. The zero-order valence-electron chi connectivity index (χ0n) is 10.7. The molecule has 1 aliphatic heterocycles. The van der Waals surface area contributed by atoms with Gasteiger partial charge in [0.05, 0.1) is 13.2 Å². The fourth-order valence-electron chi connectivity index (χ4n) is 2.53. The van der Waals surface area contributed by atoms with Gasteiger partial charge >= 0.3 is 6.03 Å². The molecule has 1 saturated heterocycles. The minimum absolute atomic E-state index is 0.00911. The molecule has 102 valence electrons. The summed E-state index contributed by atoms with van der Waals surface area (Å²) in [6, 6.07) is 0.265. The largest absolute Gasteiger partial charge is 0.385 e. The summed E-state index contributed by atoms with van der Waals surface area (Å²) in [7, 11) is 0. The van der Waals surface area contributed by atoms with Crippen LogP contribution < -0.4 is 11.1 Å². The number of urea groups is 1. The second kappa shape index (κ2) is 6.04. The first-order valence-electron chi connectivity index (χ1n) is 6.68. The fourth-order valence-corrected chi connectivity index (χ4v) is 2.53. The van der Waals surface area contributed by atoms with Gasteiger partial charge in [0, 0.05) is 12.6 Å². The smallest absolute Gasteiger partial charge is 0.317 e. The number of rotatable bonds is 2. The van der Waals surface area contributed by atoms with E-state index in [0.717, 1.165) is 12.8 Å². The summed E-state index contributed by atoms with van der Waals surface area (Å²) in [6.45, 7) is 1.40. The van der Waals surface area contributed by atoms with Gasteiger partial charge in [-0.05, 0) is 12.8 Å². The minimum atomic E-state index is -0.448. The molecule has 0 aromatic carbocycles. The first kappa shape index (κ1) is 13.1. The van der Waals surface area contributed by atoms with Crippen LogP contribution in [0.2, 0.25) is 0 Å². The van der Waals surface area contributed by atoms with E-state index in [1.807, 2.05) is 0 Å². The van der Waals surface area contributed by atoms with Gasteiger partial charge in [-0.3, -0.25) is 5.41 Å². The van der Waals surface area contributed by atoms with Crippen molar-refractivity contribution in [1.82, 2.24) is 10.2 Å². The lowest BCUT2D eigenvalue weighted by Gasteiger charge is -2.34. The molecule has 2 fully saturated rings. The number of nitrogens with two attached hydrogens (primary N) is 1. The molecule has 0 aromatic rings. The Morgan fingerprint density at radius 2 is 2.06 bits per heavy atom. The molecule has 6 heteroatoms. The van der Waals surface area contributed by atoms with Crippen LogP contribution >= 0.6 is 0 Å². The standard InChI is InChI=1S/C12H22N4O2/c13-11(14)10-8-16(6-7-18-10)12(17)15-9-4-2-1-3-5-9/h9-10H,1-8H2,(H3,13,14)(H,15,17). The van der Waals surface area contributed by atoms with Gasteiger partial charge in [0.15, 0.2) is 0 Å². The molecule has 0 radical (unpaired) electrons. The van der Waals surface area contributed by atoms with Crippen LogP contribution in [0.3, 0.4) is 0 Å². The van der Waals surface area contributed by atoms with Crippen molar-refractivity contribution in [2.24, 2.45) is 5.73 Å². The van der Waals surface area contributed by atoms with Gasteiger partial charge in [-0.15, -0.1) is 0 Å². The van der Waals surface area contributed by atoms with Crippen LogP contribution in [0.25, 0.3) is 0 Å². The second-order valence-corrected chi connectivity index (χ2v) is 5.05. The van der Waals surface area contributed by atoms with Gasteiger partial charge in [-0.1, -0.05) is 19.3 Å². The van der Waals surface area contributed by atoms with E-state index in [4.69, 9.17) is 15.9 Å². The Bertz CT molecular complexity index is 315. The van der Waals surface area contributed by atoms with E-state index in [0.29, 0.717) is 25.7 Å². The first-order valence-corrected chi connectivity index (χ1v) is 6.68. The molecular weight excluding hydrogens is 232 g/mol. The van der Waals surface area contributed by atoms with E-state index in [2.05, 4.69) is 5.32 Å². The van der Waals surface area contributed by atoms with Gasteiger partial charge in [0.1, 0.15) is 11.9 Å². The molecular formula is C12H22N4O2. The molecule has 1 unspecified atom stereocenters. The lowest BCUT2D eigenvalue weighted by molar-refractivity contribution is 0.0202. The third kappa shape index (κ3) is 3.35. The van der Waals surface area contributed by atoms with Crippen molar-refractivity contribution in [2.75, 3.05) is 19.7 Å². The van der Waals surface area contributed by atoms with Crippen LogP contribution in [0.15, 0.2) is 0 Å². The van der Waals surface area contributed by atoms with Crippen LogP contribution in [-0.2, 0) is 4.74 Å². The summed E-state index contributed by atoms with van der Waals surface area (Å²) in [6.07, 6.45) is 5.37. The molecule has 0 spiro atoms. The monoisotopic (exact) mass is 254 g/mol. The molecule has 0 aromatic heterocycles. The second-order valence-electron chi connectivity index (χ2n) is 5.05. The van der Waals surface area contributed by atoms with Crippen LogP contribution in [0.1, 0.15) is 32.1 Å². The molecule has 6 nitrogen and oxygen atoms in total. The Kier molecular flexibility index (Phi) is 4.41. The first-order chi connectivity index (χ1) is 8.66. The van der Waals surface area contributed by atoms with Gasteiger partial charge in [-0.2, -0.15) is 0 Å². The van der Waals surface area contributed by atoms with E-state index >= 15 is 0 Å². The Balaban J connectivity index is 1.82. The average Bonchev–Trinajstić information content (AvgIpc) is 2.40. The van der Waals surface area contributed by atoms with Crippen LogP contribution in [0, 0.1) is 5.41 Å². The van der Waals surface area contributed by atoms with Gasteiger partial charge < -0.3 is 20.7 Å². The number of nitrogens with one attached hydrogen (secondary N) is 2. The molecule has 1 heterocycles. The van der Waals surface area contributed by atoms with Crippen molar-refractivity contribution in [3.63, 3.8) is 0 Å².